The van der Waals surface area contributed by atoms with Crippen LogP contribution in [0.15, 0.2) is 194 Å². The van der Waals surface area contributed by atoms with Gasteiger partial charge in [-0.25, -0.2) is 0 Å². The van der Waals surface area contributed by atoms with Crippen LogP contribution in [0.4, 0.5) is 0 Å². The van der Waals surface area contributed by atoms with E-state index in [0.29, 0.717) is 0 Å². The fourth-order valence-corrected chi connectivity index (χ4v) is 7.86. The number of hydrogen-bond acceptors (Lipinski definition) is 0. The van der Waals surface area contributed by atoms with Crippen molar-refractivity contribution in [1.29, 1.82) is 0 Å². The summed E-state index contributed by atoms with van der Waals surface area (Å²) in [4.78, 5) is 0. The maximum absolute atomic E-state index is 2.49. The largest absolute Gasteiger partial charge is 0.309 e. The van der Waals surface area contributed by atoms with E-state index in [1.807, 2.05) is 0 Å². The lowest BCUT2D eigenvalue weighted by molar-refractivity contribution is 1.17. The Morgan fingerprint density at radius 3 is 1.46 bits per heavy atom. The average molecular weight is 637 g/mol. The van der Waals surface area contributed by atoms with Gasteiger partial charge in [0, 0.05) is 32.8 Å². The van der Waals surface area contributed by atoms with Crippen LogP contribution in [0.25, 0.3) is 88.4 Å². The summed E-state index contributed by atoms with van der Waals surface area (Å²) in [5.41, 5.74) is 14.4. The summed E-state index contributed by atoms with van der Waals surface area (Å²) in [6.45, 7) is 0. The lowest BCUT2D eigenvalue weighted by Crippen LogP contribution is -1.98. The van der Waals surface area contributed by atoms with E-state index >= 15 is 0 Å². The van der Waals surface area contributed by atoms with Gasteiger partial charge < -0.3 is 9.13 Å². The molecule has 0 N–H and O–H groups in total. The fraction of sp³-hybridized carbons (Fsp3) is 0. The molecule has 0 aliphatic heterocycles. The minimum absolute atomic E-state index is 1.15. The van der Waals surface area contributed by atoms with Crippen molar-refractivity contribution >= 4 is 43.6 Å². The van der Waals surface area contributed by atoms with Gasteiger partial charge in [-0.3, -0.25) is 0 Å². The molecule has 0 radical (unpaired) electrons. The lowest BCUT2D eigenvalue weighted by Gasteiger charge is -2.15. The van der Waals surface area contributed by atoms with Crippen LogP contribution in [0.3, 0.4) is 0 Å². The highest BCUT2D eigenvalue weighted by Gasteiger charge is 2.22. The highest BCUT2D eigenvalue weighted by atomic mass is 15.0. The van der Waals surface area contributed by atoms with Crippen LogP contribution in [0.2, 0.25) is 0 Å². The first-order valence-corrected chi connectivity index (χ1v) is 17.2. The zero-order valence-corrected chi connectivity index (χ0v) is 27.4. The molecule has 0 amide bonds. The van der Waals surface area contributed by atoms with Crippen LogP contribution in [0.1, 0.15) is 0 Å². The highest BCUT2D eigenvalue weighted by molar-refractivity contribution is 6.26. The second-order valence-electron chi connectivity index (χ2n) is 12.9. The van der Waals surface area contributed by atoms with Crippen LogP contribution in [0, 0.1) is 0 Å². The Kier molecular flexibility index (Phi) is 6.53. The third-order valence-corrected chi connectivity index (χ3v) is 10.2. The monoisotopic (exact) mass is 636 g/mol. The van der Waals surface area contributed by atoms with Crippen molar-refractivity contribution in [2.75, 3.05) is 0 Å². The molecule has 10 aromatic rings. The number of aromatic nitrogens is 2. The highest BCUT2D eigenvalue weighted by Crippen LogP contribution is 2.43. The molecule has 2 nitrogen and oxygen atoms in total. The van der Waals surface area contributed by atoms with Crippen LogP contribution in [-0.4, -0.2) is 9.13 Å². The smallest absolute Gasteiger partial charge is 0.0641 e. The van der Waals surface area contributed by atoms with E-state index in [9.17, 15) is 0 Å². The minimum Gasteiger partial charge on any atom is -0.309 e. The van der Waals surface area contributed by atoms with Crippen molar-refractivity contribution in [3.8, 4) is 44.8 Å². The van der Waals surface area contributed by atoms with Gasteiger partial charge in [0.05, 0.1) is 27.8 Å². The Balaban J connectivity index is 1.19. The van der Waals surface area contributed by atoms with Gasteiger partial charge in [0.25, 0.3) is 0 Å². The summed E-state index contributed by atoms with van der Waals surface area (Å²) < 4.78 is 4.92. The Hall–Kier alpha value is -6.64. The molecular weight excluding hydrogens is 605 g/mol. The van der Waals surface area contributed by atoms with Gasteiger partial charge in [0.2, 0.25) is 0 Å². The fourth-order valence-electron chi connectivity index (χ4n) is 7.86. The van der Waals surface area contributed by atoms with Crippen LogP contribution < -0.4 is 0 Å². The van der Waals surface area contributed by atoms with Crippen molar-refractivity contribution < 1.29 is 0 Å². The Bertz CT molecular complexity index is 2820. The molecular formula is C48H32N2. The normalized spacial score (nSPS) is 11.6. The third kappa shape index (κ3) is 4.43. The molecule has 0 saturated carbocycles. The Morgan fingerprint density at radius 1 is 0.280 bits per heavy atom. The van der Waals surface area contributed by atoms with Crippen molar-refractivity contribution in [1.82, 2.24) is 9.13 Å². The molecule has 0 atom stereocenters. The molecule has 10 rings (SSSR count). The molecule has 0 aliphatic carbocycles. The van der Waals surface area contributed by atoms with Gasteiger partial charge >= 0.3 is 0 Å². The topological polar surface area (TPSA) is 9.86 Å². The van der Waals surface area contributed by atoms with E-state index in [2.05, 4.69) is 203 Å². The van der Waals surface area contributed by atoms with Crippen molar-refractivity contribution in [3.63, 3.8) is 0 Å². The molecule has 2 heterocycles. The van der Waals surface area contributed by atoms with Gasteiger partial charge in [0.1, 0.15) is 0 Å². The molecule has 2 heteroatoms. The zero-order chi connectivity index (χ0) is 33.0. The molecule has 0 bridgehead atoms. The first kappa shape index (κ1) is 28.4. The second kappa shape index (κ2) is 11.5. The van der Waals surface area contributed by atoms with E-state index < -0.39 is 0 Å². The van der Waals surface area contributed by atoms with E-state index in [1.165, 1.54) is 82.7 Å². The van der Waals surface area contributed by atoms with Crippen LogP contribution in [-0.2, 0) is 0 Å². The van der Waals surface area contributed by atoms with Crippen molar-refractivity contribution in [3.05, 3.63) is 194 Å². The Labute approximate surface area is 290 Å². The number of fused-ring (bicyclic) bond motifs is 7. The van der Waals surface area contributed by atoms with E-state index in [1.54, 1.807) is 0 Å². The second-order valence-corrected chi connectivity index (χ2v) is 12.9. The van der Waals surface area contributed by atoms with Gasteiger partial charge in [0.15, 0.2) is 0 Å². The first-order valence-electron chi connectivity index (χ1n) is 17.2. The molecule has 234 valence electrons. The molecule has 8 aromatic carbocycles. The van der Waals surface area contributed by atoms with Gasteiger partial charge in [-0.2, -0.15) is 0 Å². The average Bonchev–Trinajstić information content (AvgIpc) is 3.72. The lowest BCUT2D eigenvalue weighted by atomic mass is 10.0. The molecule has 0 spiro atoms. The van der Waals surface area contributed by atoms with Gasteiger partial charge in [-0.1, -0.05) is 158 Å². The molecule has 0 saturated heterocycles. The molecule has 2 aromatic heterocycles. The maximum atomic E-state index is 2.49. The number of nitrogens with zero attached hydrogens (tertiary/aromatic N) is 2. The predicted molar refractivity (Wildman–Crippen MR) is 211 cm³/mol. The number of para-hydroxylation sites is 3. The van der Waals surface area contributed by atoms with Crippen LogP contribution in [0.5, 0.6) is 0 Å². The van der Waals surface area contributed by atoms with Crippen molar-refractivity contribution in [2.24, 2.45) is 0 Å². The van der Waals surface area contributed by atoms with Crippen molar-refractivity contribution in [2.45, 2.75) is 0 Å². The summed E-state index contributed by atoms with van der Waals surface area (Å²) in [7, 11) is 0. The molecule has 0 aliphatic rings. The summed E-state index contributed by atoms with van der Waals surface area (Å²) in [5.74, 6) is 0. The first-order chi connectivity index (χ1) is 24.8. The number of rotatable bonds is 5. The van der Waals surface area contributed by atoms with E-state index in [0.717, 1.165) is 5.69 Å². The number of benzene rings is 8. The SMILES string of the molecule is c1ccc(-c2ccc(-c3ccc(-n4c5ccccc5c5c4ccc4c6ccccc6n(-c6ccccc6-c6ccccc6)c45)cc3)cc2)cc1. The molecule has 0 fully saturated rings. The summed E-state index contributed by atoms with van der Waals surface area (Å²) in [6.07, 6.45) is 0. The minimum atomic E-state index is 1.15. The molecule has 0 unspecified atom stereocenters. The van der Waals surface area contributed by atoms with E-state index in [-0.39, 0.29) is 0 Å². The quantitative estimate of drug-likeness (QED) is 0.178. The summed E-state index contributed by atoms with van der Waals surface area (Å²) in [6, 6.07) is 70.3. The van der Waals surface area contributed by atoms with Gasteiger partial charge in [-0.15, -0.1) is 0 Å². The van der Waals surface area contributed by atoms with Crippen LogP contribution >= 0.6 is 0 Å². The summed E-state index contributed by atoms with van der Waals surface area (Å²) >= 11 is 0. The molecule has 50 heavy (non-hydrogen) atoms. The zero-order valence-electron chi connectivity index (χ0n) is 27.4. The summed E-state index contributed by atoms with van der Waals surface area (Å²) in [5, 5.41) is 5.02. The number of hydrogen-bond donors (Lipinski definition) is 0. The van der Waals surface area contributed by atoms with E-state index in [4.69, 9.17) is 0 Å². The standard InChI is InChI=1S/C48H32N2/c1-3-13-33(14-4-1)34-23-25-35(26-24-34)36-27-29-38(30-28-36)49-45-22-12-9-19-42(45)47-46(49)32-31-41-40-18-8-11-21-44(40)50(48(41)47)43-20-10-7-17-39(43)37-15-5-2-6-16-37/h1-32H. The maximum Gasteiger partial charge on any atom is 0.0641 e. The predicted octanol–water partition coefficient (Wildman–Crippen LogP) is 12.9. The van der Waals surface area contributed by atoms with Gasteiger partial charge in [-0.05, 0) is 64.2 Å². The Morgan fingerprint density at radius 2 is 0.780 bits per heavy atom. The third-order valence-electron chi connectivity index (χ3n) is 10.2.